The van der Waals surface area contributed by atoms with Crippen molar-refractivity contribution in [1.82, 2.24) is 4.90 Å². The van der Waals surface area contributed by atoms with E-state index < -0.39 is 0 Å². The van der Waals surface area contributed by atoms with Crippen molar-refractivity contribution in [2.24, 2.45) is 11.1 Å². The van der Waals surface area contributed by atoms with Gasteiger partial charge >= 0.3 is 0 Å². The predicted octanol–water partition coefficient (Wildman–Crippen LogP) is 2.64. The van der Waals surface area contributed by atoms with Gasteiger partial charge in [-0.2, -0.15) is 0 Å². The lowest BCUT2D eigenvalue weighted by Crippen LogP contribution is -2.61. The van der Waals surface area contributed by atoms with E-state index in [9.17, 15) is 0 Å². The van der Waals surface area contributed by atoms with E-state index in [0.29, 0.717) is 11.5 Å². The highest BCUT2D eigenvalue weighted by Crippen LogP contribution is 2.32. The molecular formula is C15H32N2O. The molecule has 0 radical (unpaired) electrons. The first-order valence-corrected chi connectivity index (χ1v) is 7.08. The monoisotopic (exact) mass is 256 g/mol. The fourth-order valence-electron chi connectivity index (χ4n) is 3.17. The molecular weight excluding hydrogens is 224 g/mol. The van der Waals surface area contributed by atoms with Crippen LogP contribution in [0.25, 0.3) is 0 Å². The second-order valence-electron chi connectivity index (χ2n) is 8.18. The third-order valence-electron chi connectivity index (χ3n) is 3.36. The molecule has 0 aromatic rings. The second kappa shape index (κ2) is 5.10. The summed E-state index contributed by atoms with van der Waals surface area (Å²) in [5.41, 5.74) is 6.14. The Morgan fingerprint density at radius 3 is 1.89 bits per heavy atom. The molecule has 108 valence electrons. The van der Waals surface area contributed by atoms with E-state index in [0.717, 1.165) is 26.1 Å². The SMILES string of the molecule is CC(C)(C)CC(CN)N1CC(C)(C)OC(C)(C)C1. The number of morpholine rings is 1. The number of hydrogen-bond acceptors (Lipinski definition) is 3. The first kappa shape index (κ1) is 15.9. The van der Waals surface area contributed by atoms with E-state index in [4.69, 9.17) is 10.5 Å². The molecule has 0 aromatic carbocycles. The number of ether oxygens (including phenoxy) is 1. The van der Waals surface area contributed by atoms with Crippen molar-refractivity contribution in [3.8, 4) is 0 Å². The Morgan fingerprint density at radius 1 is 1.11 bits per heavy atom. The van der Waals surface area contributed by atoms with Crippen LogP contribution >= 0.6 is 0 Å². The summed E-state index contributed by atoms with van der Waals surface area (Å²) in [6.07, 6.45) is 1.13. The molecule has 0 spiro atoms. The average molecular weight is 256 g/mol. The molecule has 0 bridgehead atoms. The van der Waals surface area contributed by atoms with E-state index in [1.807, 2.05) is 0 Å². The number of hydrogen-bond donors (Lipinski definition) is 1. The average Bonchev–Trinajstić information content (AvgIpc) is 2.07. The van der Waals surface area contributed by atoms with Crippen LogP contribution in [-0.4, -0.2) is 41.8 Å². The summed E-state index contributed by atoms with van der Waals surface area (Å²) in [5.74, 6) is 0. The highest BCUT2D eigenvalue weighted by molar-refractivity contribution is 4.93. The van der Waals surface area contributed by atoms with Gasteiger partial charge in [0.1, 0.15) is 0 Å². The Balaban J connectivity index is 2.79. The maximum atomic E-state index is 6.13. The number of rotatable bonds is 3. The maximum Gasteiger partial charge on any atom is 0.0760 e. The van der Waals surface area contributed by atoms with Gasteiger partial charge in [0.25, 0.3) is 0 Å². The molecule has 3 nitrogen and oxygen atoms in total. The Hall–Kier alpha value is -0.120. The highest BCUT2D eigenvalue weighted by atomic mass is 16.5. The number of nitrogens with zero attached hydrogens (tertiary/aromatic N) is 1. The summed E-state index contributed by atoms with van der Waals surface area (Å²) in [4.78, 5) is 2.52. The highest BCUT2D eigenvalue weighted by Gasteiger charge is 2.40. The van der Waals surface area contributed by atoms with Crippen LogP contribution in [0.4, 0.5) is 0 Å². The van der Waals surface area contributed by atoms with Gasteiger partial charge in [-0.3, -0.25) is 4.90 Å². The van der Waals surface area contributed by atoms with Gasteiger partial charge in [-0.15, -0.1) is 0 Å². The fourth-order valence-corrected chi connectivity index (χ4v) is 3.17. The van der Waals surface area contributed by atoms with Gasteiger partial charge in [0.2, 0.25) is 0 Å². The Bertz CT molecular complexity index is 263. The first-order chi connectivity index (χ1) is 7.94. The Labute approximate surface area is 113 Å². The molecule has 2 N–H and O–H groups in total. The molecule has 1 rings (SSSR count). The van der Waals surface area contributed by atoms with Gasteiger partial charge in [-0.25, -0.2) is 0 Å². The predicted molar refractivity (Wildman–Crippen MR) is 77.7 cm³/mol. The molecule has 0 aliphatic carbocycles. The molecule has 1 unspecified atom stereocenters. The summed E-state index contributed by atoms with van der Waals surface area (Å²) in [5, 5.41) is 0. The lowest BCUT2D eigenvalue weighted by molar-refractivity contribution is -0.188. The molecule has 1 saturated heterocycles. The summed E-state index contributed by atoms with van der Waals surface area (Å²) >= 11 is 0. The van der Waals surface area contributed by atoms with Crippen LogP contribution in [0.15, 0.2) is 0 Å². The first-order valence-electron chi connectivity index (χ1n) is 7.08. The molecule has 0 saturated carbocycles. The minimum absolute atomic E-state index is 0.0902. The van der Waals surface area contributed by atoms with Crippen molar-refractivity contribution in [3.63, 3.8) is 0 Å². The fraction of sp³-hybridized carbons (Fsp3) is 1.00. The van der Waals surface area contributed by atoms with Crippen LogP contribution in [0.3, 0.4) is 0 Å². The zero-order valence-electron chi connectivity index (χ0n) is 13.3. The summed E-state index contributed by atoms with van der Waals surface area (Å²) in [6, 6.07) is 0.451. The van der Waals surface area contributed by atoms with Gasteiger partial charge in [0.15, 0.2) is 0 Å². The van der Waals surface area contributed by atoms with Crippen LogP contribution in [-0.2, 0) is 4.74 Å². The van der Waals surface area contributed by atoms with Gasteiger partial charge < -0.3 is 10.5 Å². The summed E-state index contributed by atoms with van der Waals surface area (Å²) in [6.45, 7) is 18.2. The summed E-state index contributed by atoms with van der Waals surface area (Å²) < 4.78 is 6.13. The minimum atomic E-state index is -0.0902. The quantitative estimate of drug-likeness (QED) is 0.843. The van der Waals surface area contributed by atoms with Crippen molar-refractivity contribution in [3.05, 3.63) is 0 Å². The molecule has 1 aliphatic rings. The van der Waals surface area contributed by atoms with Crippen molar-refractivity contribution in [2.45, 2.75) is 72.1 Å². The van der Waals surface area contributed by atoms with E-state index in [-0.39, 0.29) is 11.2 Å². The largest absolute Gasteiger partial charge is 0.367 e. The van der Waals surface area contributed by atoms with Gasteiger partial charge in [0.05, 0.1) is 11.2 Å². The minimum Gasteiger partial charge on any atom is -0.367 e. The molecule has 1 heterocycles. The van der Waals surface area contributed by atoms with Crippen LogP contribution < -0.4 is 5.73 Å². The van der Waals surface area contributed by atoms with Crippen LogP contribution in [0.1, 0.15) is 54.9 Å². The molecule has 1 fully saturated rings. The number of nitrogens with two attached hydrogens (primary N) is 1. The van der Waals surface area contributed by atoms with Crippen molar-refractivity contribution in [2.75, 3.05) is 19.6 Å². The third-order valence-corrected chi connectivity index (χ3v) is 3.36. The van der Waals surface area contributed by atoms with E-state index in [1.165, 1.54) is 0 Å². The van der Waals surface area contributed by atoms with Gasteiger partial charge in [-0.1, -0.05) is 20.8 Å². The maximum absolute atomic E-state index is 6.13. The zero-order chi connectivity index (χ0) is 14.2. The molecule has 3 heteroatoms. The molecule has 1 atom stereocenters. The smallest absolute Gasteiger partial charge is 0.0760 e. The standard InChI is InChI=1S/C15H32N2O/c1-13(2,3)8-12(9-16)17-10-14(4,5)18-15(6,7)11-17/h12H,8-11,16H2,1-7H3. The van der Waals surface area contributed by atoms with Gasteiger partial charge in [-0.05, 0) is 39.5 Å². The Morgan fingerprint density at radius 2 is 1.56 bits per heavy atom. The topological polar surface area (TPSA) is 38.5 Å². The molecule has 1 aliphatic heterocycles. The van der Waals surface area contributed by atoms with Crippen molar-refractivity contribution in [1.29, 1.82) is 0 Å². The normalized spacial score (nSPS) is 26.0. The van der Waals surface area contributed by atoms with E-state index in [1.54, 1.807) is 0 Å². The van der Waals surface area contributed by atoms with Crippen LogP contribution in [0.5, 0.6) is 0 Å². The molecule has 18 heavy (non-hydrogen) atoms. The lowest BCUT2D eigenvalue weighted by atomic mass is 9.86. The van der Waals surface area contributed by atoms with Crippen molar-refractivity contribution < 1.29 is 4.74 Å². The zero-order valence-corrected chi connectivity index (χ0v) is 13.3. The van der Waals surface area contributed by atoms with E-state index >= 15 is 0 Å². The van der Waals surface area contributed by atoms with Crippen LogP contribution in [0.2, 0.25) is 0 Å². The Kier molecular flexibility index (Phi) is 4.52. The van der Waals surface area contributed by atoms with Crippen LogP contribution in [0, 0.1) is 5.41 Å². The molecule has 0 amide bonds. The second-order valence-corrected chi connectivity index (χ2v) is 8.18. The lowest BCUT2D eigenvalue weighted by Gasteiger charge is -2.50. The summed E-state index contributed by atoms with van der Waals surface area (Å²) in [7, 11) is 0. The third kappa shape index (κ3) is 4.87. The van der Waals surface area contributed by atoms with E-state index in [2.05, 4.69) is 53.4 Å². The molecule has 0 aromatic heterocycles. The van der Waals surface area contributed by atoms with Gasteiger partial charge in [0, 0.05) is 25.7 Å². The van der Waals surface area contributed by atoms with Crippen molar-refractivity contribution >= 4 is 0 Å².